The standard InChI is InChI=1S/C34H67N2/c1-5-7-9-11-13-15-16-17-18-19-20-21-22-24-26-28-30-35-31-32-36(33(3)4)34(35)29-27-25-23-14-12-10-8-6-2/h31-33H,5-30H2,1-4H3/q+1. The van der Waals surface area contributed by atoms with E-state index in [1.807, 2.05) is 0 Å². The summed E-state index contributed by atoms with van der Waals surface area (Å²) in [4.78, 5) is 0. The average molecular weight is 504 g/mol. The summed E-state index contributed by atoms with van der Waals surface area (Å²) in [5, 5.41) is 0. The van der Waals surface area contributed by atoms with Crippen molar-refractivity contribution < 1.29 is 4.57 Å². The summed E-state index contributed by atoms with van der Waals surface area (Å²) >= 11 is 0. The predicted octanol–water partition coefficient (Wildman–Crippen LogP) is 11.3. The van der Waals surface area contributed by atoms with Crippen molar-refractivity contribution in [2.24, 2.45) is 0 Å². The van der Waals surface area contributed by atoms with Gasteiger partial charge >= 0.3 is 0 Å². The minimum absolute atomic E-state index is 0.570. The molecule has 0 spiro atoms. The third kappa shape index (κ3) is 17.6. The zero-order chi connectivity index (χ0) is 26.1. The Hall–Kier alpha value is -0.790. The molecule has 0 saturated carbocycles. The van der Waals surface area contributed by atoms with E-state index in [0.29, 0.717) is 6.04 Å². The molecule has 212 valence electrons. The van der Waals surface area contributed by atoms with Crippen molar-refractivity contribution in [3.63, 3.8) is 0 Å². The molecule has 2 nitrogen and oxygen atoms in total. The molecule has 0 radical (unpaired) electrons. The van der Waals surface area contributed by atoms with Crippen molar-refractivity contribution >= 4 is 0 Å². The van der Waals surface area contributed by atoms with E-state index in [-0.39, 0.29) is 0 Å². The molecule has 0 aliphatic heterocycles. The zero-order valence-electron chi connectivity index (χ0n) is 25.5. The monoisotopic (exact) mass is 504 g/mol. The largest absolute Gasteiger partial charge is 0.256 e. The molecule has 0 N–H and O–H groups in total. The Bertz CT molecular complexity index is 574. The predicted molar refractivity (Wildman–Crippen MR) is 161 cm³/mol. The van der Waals surface area contributed by atoms with Crippen molar-refractivity contribution in [3.05, 3.63) is 18.2 Å². The van der Waals surface area contributed by atoms with E-state index in [9.17, 15) is 0 Å². The first-order chi connectivity index (χ1) is 17.7. The van der Waals surface area contributed by atoms with Crippen LogP contribution in [0.15, 0.2) is 12.4 Å². The topological polar surface area (TPSA) is 8.81 Å². The molecule has 1 rings (SSSR count). The number of rotatable bonds is 27. The molecule has 0 unspecified atom stereocenters. The van der Waals surface area contributed by atoms with Gasteiger partial charge < -0.3 is 0 Å². The van der Waals surface area contributed by atoms with Gasteiger partial charge in [-0.1, -0.05) is 149 Å². The minimum atomic E-state index is 0.570. The minimum Gasteiger partial charge on any atom is -0.234 e. The molecule has 1 aromatic heterocycles. The molecule has 0 fully saturated rings. The van der Waals surface area contributed by atoms with Crippen LogP contribution in [0, 0.1) is 0 Å². The van der Waals surface area contributed by atoms with Crippen LogP contribution in [0.25, 0.3) is 0 Å². The van der Waals surface area contributed by atoms with Gasteiger partial charge in [0.1, 0.15) is 12.4 Å². The summed E-state index contributed by atoms with van der Waals surface area (Å²) in [7, 11) is 0. The Kier molecular flexibility index (Phi) is 22.7. The molecule has 0 amide bonds. The fraction of sp³-hybridized carbons (Fsp3) is 0.912. The Morgan fingerprint density at radius 1 is 0.528 bits per heavy atom. The van der Waals surface area contributed by atoms with Crippen LogP contribution in [0.1, 0.15) is 194 Å². The summed E-state index contributed by atoms with van der Waals surface area (Å²) in [6.07, 6.45) is 40.3. The summed E-state index contributed by atoms with van der Waals surface area (Å²) < 4.78 is 5.10. The van der Waals surface area contributed by atoms with Crippen LogP contribution in [-0.4, -0.2) is 4.57 Å². The first-order valence-electron chi connectivity index (χ1n) is 16.8. The molecule has 1 aromatic rings. The first-order valence-corrected chi connectivity index (χ1v) is 16.8. The molecule has 0 aromatic carbocycles. The quantitative estimate of drug-likeness (QED) is 0.0833. The lowest BCUT2D eigenvalue weighted by molar-refractivity contribution is -0.704. The third-order valence-electron chi connectivity index (χ3n) is 8.10. The van der Waals surface area contributed by atoms with Crippen molar-refractivity contribution in [3.8, 4) is 0 Å². The highest BCUT2D eigenvalue weighted by atomic mass is 15.2. The van der Waals surface area contributed by atoms with Crippen LogP contribution < -0.4 is 4.57 Å². The van der Waals surface area contributed by atoms with Crippen LogP contribution in [0.5, 0.6) is 0 Å². The second-order valence-corrected chi connectivity index (χ2v) is 11.9. The number of nitrogens with zero attached hydrogens (tertiary/aromatic N) is 2. The van der Waals surface area contributed by atoms with Gasteiger partial charge in [0.05, 0.1) is 12.6 Å². The van der Waals surface area contributed by atoms with Crippen LogP contribution in [0.3, 0.4) is 0 Å². The SMILES string of the molecule is CCCCCCCCCCCCCCCCCC[n+]1ccn(C(C)C)c1CCCCCCCCCC. The van der Waals surface area contributed by atoms with Gasteiger partial charge in [0, 0.05) is 6.42 Å². The molecule has 0 atom stereocenters. The van der Waals surface area contributed by atoms with Gasteiger partial charge in [0.25, 0.3) is 5.82 Å². The molecule has 0 aliphatic rings. The maximum Gasteiger partial charge on any atom is 0.256 e. The lowest BCUT2D eigenvalue weighted by Gasteiger charge is -2.08. The van der Waals surface area contributed by atoms with Gasteiger partial charge in [0.2, 0.25) is 0 Å². The van der Waals surface area contributed by atoms with Crippen molar-refractivity contribution in [1.29, 1.82) is 0 Å². The summed E-state index contributed by atoms with van der Waals surface area (Å²) in [5.74, 6) is 1.57. The normalized spacial score (nSPS) is 11.7. The Morgan fingerprint density at radius 2 is 0.889 bits per heavy atom. The first kappa shape index (κ1) is 33.2. The molecule has 0 bridgehead atoms. The summed E-state index contributed by atoms with van der Waals surface area (Å²) in [5.41, 5.74) is 0. The number of hydrogen-bond donors (Lipinski definition) is 0. The average Bonchev–Trinajstić information content (AvgIpc) is 3.28. The maximum absolute atomic E-state index is 2.57. The second-order valence-electron chi connectivity index (χ2n) is 11.9. The van der Waals surface area contributed by atoms with Gasteiger partial charge in [-0.05, 0) is 33.1 Å². The van der Waals surface area contributed by atoms with E-state index in [4.69, 9.17) is 0 Å². The van der Waals surface area contributed by atoms with E-state index in [2.05, 4.69) is 49.2 Å². The number of aryl methyl sites for hydroxylation is 1. The number of aromatic nitrogens is 2. The van der Waals surface area contributed by atoms with Crippen molar-refractivity contribution in [2.75, 3.05) is 0 Å². The third-order valence-corrected chi connectivity index (χ3v) is 8.10. The van der Waals surface area contributed by atoms with E-state index >= 15 is 0 Å². The van der Waals surface area contributed by atoms with E-state index < -0.39 is 0 Å². The van der Waals surface area contributed by atoms with Gasteiger partial charge in [0.15, 0.2) is 0 Å². The van der Waals surface area contributed by atoms with E-state index in [0.717, 1.165) is 0 Å². The fourth-order valence-corrected chi connectivity index (χ4v) is 5.67. The van der Waals surface area contributed by atoms with Gasteiger partial charge in [-0.3, -0.25) is 0 Å². The Morgan fingerprint density at radius 3 is 1.28 bits per heavy atom. The number of unbranched alkanes of at least 4 members (excludes halogenated alkanes) is 22. The second kappa shape index (κ2) is 24.5. The van der Waals surface area contributed by atoms with E-state index in [1.165, 1.54) is 167 Å². The Balaban J connectivity index is 2.05. The van der Waals surface area contributed by atoms with Crippen LogP contribution in [-0.2, 0) is 13.0 Å². The summed E-state index contributed by atoms with van der Waals surface area (Å²) in [6, 6.07) is 0.570. The molecular formula is C34H67N2+. The molecule has 1 heterocycles. The lowest BCUT2D eigenvalue weighted by Crippen LogP contribution is -2.37. The van der Waals surface area contributed by atoms with Gasteiger partial charge in [-0.25, -0.2) is 9.13 Å². The molecule has 2 heteroatoms. The highest BCUT2D eigenvalue weighted by Crippen LogP contribution is 2.15. The van der Waals surface area contributed by atoms with Crippen LogP contribution in [0.4, 0.5) is 0 Å². The van der Waals surface area contributed by atoms with Gasteiger partial charge in [-0.15, -0.1) is 0 Å². The van der Waals surface area contributed by atoms with Crippen molar-refractivity contribution in [2.45, 2.75) is 201 Å². The molecule has 36 heavy (non-hydrogen) atoms. The van der Waals surface area contributed by atoms with E-state index in [1.54, 1.807) is 5.82 Å². The number of hydrogen-bond acceptors (Lipinski definition) is 0. The Labute approximate surface area is 228 Å². The highest BCUT2D eigenvalue weighted by Gasteiger charge is 2.18. The van der Waals surface area contributed by atoms with Gasteiger partial charge in [-0.2, -0.15) is 0 Å². The van der Waals surface area contributed by atoms with Crippen LogP contribution in [0.2, 0.25) is 0 Å². The highest BCUT2D eigenvalue weighted by molar-refractivity contribution is 4.86. The molecule has 0 saturated heterocycles. The smallest absolute Gasteiger partial charge is 0.234 e. The molecular weight excluding hydrogens is 436 g/mol. The number of imidazole rings is 1. The van der Waals surface area contributed by atoms with Crippen molar-refractivity contribution in [1.82, 2.24) is 4.57 Å². The lowest BCUT2D eigenvalue weighted by atomic mass is 10.0. The maximum atomic E-state index is 2.57. The zero-order valence-corrected chi connectivity index (χ0v) is 25.5. The fourth-order valence-electron chi connectivity index (χ4n) is 5.67. The summed E-state index contributed by atoms with van der Waals surface area (Å²) in [6.45, 7) is 10.5. The van der Waals surface area contributed by atoms with Crippen LogP contribution >= 0.6 is 0 Å². The molecule has 0 aliphatic carbocycles.